The van der Waals surface area contributed by atoms with Gasteiger partial charge in [0.1, 0.15) is 6.61 Å². The van der Waals surface area contributed by atoms with Gasteiger partial charge in [0.2, 0.25) is 0 Å². The van der Waals surface area contributed by atoms with E-state index < -0.39 is 12.1 Å². The normalized spacial score (nSPS) is 21.1. The van der Waals surface area contributed by atoms with Gasteiger partial charge in [0.25, 0.3) is 0 Å². The van der Waals surface area contributed by atoms with Crippen LogP contribution in [0.2, 0.25) is 0 Å². The highest BCUT2D eigenvalue weighted by Gasteiger charge is 2.25. The zero-order valence-electron chi connectivity index (χ0n) is 12.7. The fourth-order valence-corrected chi connectivity index (χ4v) is 2.85. The first kappa shape index (κ1) is 16.3. The predicted molar refractivity (Wildman–Crippen MR) is 82.3 cm³/mol. The largest absolute Gasteiger partial charge is 0.481 e. The summed E-state index contributed by atoms with van der Waals surface area (Å²) in [5.41, 5.74) is 0.963. The highest BCUT2D eigenvalue weighted by molar-refractivity contribution is 5.70. The van der Waals surface area contributed by atoms with E-state index in [1.54, 1.807) is 0 Å². The van der Waals surface area contributed by atoms with Crippen molar-refractivity contribution in [1.82, 2.24) is 5.32 Å². The molecule has 1 fully saturated rings. The van der Waals surface area contributed by atoms with Gasteiger partial charge in [-0.15, -0.1) is 0 Å². The molecule has 120 valence electrons. The molecular weight excluding hydrogens is 282 g/mol. The maximum Gasteiger partial charge on any atom is 0.407 e. The molecule has 0 aromatic heterocycles. The summed E-state index contributed by atoms with van der Waals surface area (Å²) in [6.45, 7) is 0.854. The minimum atomic E-state index is -0.680. The molecule has 1 aromatic rings. The zero-order valence-corrected chi connectivity index (χ0v) is 12.7. The van der Waals surface area contributed by atoms with Crippen LogP contribution >= 0.6 is 0 Å². The molecule has 0 radical (unpaired) electrons. The summed E-state index contributed by atoms with van der Waals surface area (Å²) in [4.78, 5) is 22.5. The van der Waals surface area contributed by atoms with Gasteiger partial charge in [0.15, 0.2) is 0 Å². The summed E-state index contributed by atoms with van der Waals surface area (Å²) < 4.78 is 5.14. The Balaban J connectivity index is 1.57. The number of carboxylic acids is 1. The molecule has 1 aliphatic rings. The molecule has 2 N–H and O–H groups in total. The van der Waals surface area contributed by atoms with Gasteiger partial charge in [-0.1, -0.05) is 30.3 Å². The van der Waals surface area contributed by atoms with E-state index in [1.165, 1.54) is 0 Å². The van der Waals surface area contributed by atoms with Gasteiger partial charge in [-0.25, -0.2) is 4.79 Å². The van der Waals surface area contributed by atoms with E-state index in [9.17, 15) is 9.59 Å². The second-order valence-electron chi connectivity index (χ2n) is 5.83. The van der Waals surface area contributed by atoms with Gasteiger partial charge < -0.3 is 15.2 Å². The summed E-state index contributed by atoms with van der Waals surface area (Å²) in [5, 5.41) is 11.7. The Morgan fingerprint density at radius 2 is 1.82 bits per heavy atom. The number of alkyl carbamates (subject to hydrolysis) is 1. The lowest BCUT2D eigenvalue weighted by Crippen LogP contribution is -2.28. The van der Waals surface area contributed by atoms with Crippen molar-refractivity contribution in [2.45, 2.75) is 38.7 Å². The highest BCUT2D eigenvalue weighted by atomic mass is 16.5. The maximum atomic E-state index is 11.6. The Bertz CT molecular complexity index is 481. The van der Waals surface area contributed by atoms with Crippen molar-refractivity contribution in [1.29, 1.82) is 0 Å². The van der Waals surface area contributed by atoms with Gasteiger partial charge in [0.05, 0.1) is 5.92 Å². The van der Waals surface area contributed by atoms with E-state index in [1.807, 2.05) is 30.3 Å². The number of rotatable bonds is 6. The number of carbonyl (C=O) groups is 2. The van der Waals surface area contributed by atoms with E-state index in [2.05, 4.69) is 5.32 Å². The van der Waals surface area contributed by atoms with Crippen LogP contribution in [0.25, 0.3) is 0 Å². The number of carbonyl (C=O) groups excluding carboxylic acids is 1. The van der Waals surface area contributed by atoms with E-state index in [4.69, 9.17) is 9.84 Å². The number of carboxylic acid groups (broad SMARTS) is 1. The van der Waals surface area contributed by atoms with Gasteiger partial charge in [-0.05, 0) is 43.6 Å². The molecule has 5 heteroatoms. The third kappa shape index (κ3) is 5.39. The van der Waals surface area contributed by atoms with Crippen LogP contribution in [0, 0.1) is 11.8 Å². The molecule has 1 saturated carbocycles. The Kier molecular flexibility index (Phi) is 6.25. The first-order valence-electron chi connectivity index (χ1n) is 7.82. The van der Waals surface area contributed by atoms with Crippen LogP contribution in [-0.4, -0.2) is 23.7 Å². The monoisotopic (exact) mass is 305 g/mol. The van der Waals surface area contributed by atoms with Crippen LogP contribution in [0.15, 0.2) is 30.3 Å². The molecule has 1 aromatic carbocycles. The molecule has 0 atom stereocenters. The number of benzene rings is 1. The summed E-state index contributed by atoms with van der Waals surface area (Å²) in [6, 6.07) is 9.55. The topological polar surface area (TPSA) is 75.6 Å². The molecule has 1 amide bonds. The Morgan fingerprint density at radius 1 is 1.14 bits per heavy atom. The lowest BCUT2D eigenvalue weighted by molar-refractivity contribution is -0.143. The Labute approximate surface area is 130 Å². The van der Waals surface area contributed by atoms with Crippen molar-refractivity contribution in [3.8, 4) is 0 Å². The molecule has 0 aliphatic heterocycles. The molecule has 0 saturated heterocycles. The Hall–Kier alpha value is -2.04. The number of amides is 1. The van der Waals surface area contributed by atoms with Gasteiger partial charge in [0, 0.05) is 6.54 Å². The number of ether oxygens (including phenoxy) is 1. The minimum absolute atomic E-state index is 0.181. The number of hydrogen-bond donors (Lipinski definition) is 2. The van der Waals surface area contributed by atoms with E-state index >= 15 is 0 Å². The molecule has 0 unspecified atom stereocenters. The van der Waals surface area contributed by atoms with E-state index in [0.29, 0.717) is 12.5 Å². The number of hydrogen-bond acceptors (Lipinski definition) is 3. The SMILES string of the molecule is O=C(NCCC1CCC(C(=O)O)CC1)OCc1ccccc1. The van der Waals surface area contributed by atoms with Crippen molar-refractivity contribution in [3.05, 3.63) is 35.9 Å². The fraction of sp³-hybridized carbons (Fsp3) is 0.529. The fourth-order valence-electron chi connectivity index (χ4n) is 2.85. The smallest absolute Gasteiger partial charge is 0.407 e. The first-order valence-corrected chi connectivity index (χ1v) is 7.82. The van der Waals surface area contributed by atoms with Crippen molar-refractivity contribution in [2.75, 3.05) is 6.54 Å². The maximum absolute atomic E-state index is 11.6. The van der Waals surface area contributed by atoms with Crippen LogP contribution in [0.4, 0.5) is 4.79 Å². The molecule has 22 heavy (non-hydrogen) atoms. The molecule has 5 nitrogen and oxygen atoms in total. The summed E-state index contributed by atoms with van der Waals surface area (Å²) >= 11 is 0. The van der Waals surface area contributed by atoms with Crippen LogP contribution in [0.3, 0.4) is 0 Å². The number of nitrogens with one attached hydrogen (secondary N) is 1. The van der Waals surface area contributed by atoms with E-state index in [-0.39, 0.29) is 12.5 Å². The molecule has 1 aliphatic carbocycles. The van der Waals surface area contributed by atoms with Crippen LogP contribution in [0.5, 0.6) is 0 Å². The number of aliphatic carboxylic acids is 1. The lowest BCUT2D eigenvalue weighted by atomic mass is 9.80. The van der Waals surface area contributed by atoms with E-state index in [0.717, 1.165) is 37.7 Å². The molecule has 0 bridgehead atoms. The quantitative estimate of drug-likeness (QED) is 0.846. The van der Waals surface area contributed by atoms with Crippen molar-refractivity contribution < 1.29 is 19.4 Å². The third-order valence-corrected chi connectivity index (χ3v) is 4.23. The van der Waals surface area contributed by atoms with Crippen LogP contribution in [-0.2, 0) is 16.1 Å². The Morgan fingerprint density at radius 3 is 2.45 bits per heavy atom. The predicted octanol–water partition coefficient (Wildman–Crippen LogP) is 3.19. The van der Waals surface area contributed by atoms with Crippen molar-refractivity contribution in [3.63, 3.8) is 0 Å². The molecule has 0 spiro atoms. The average Bonchev–Trinajstić information content (AvgIpc) is 2.54. The van der Waals surface area contributed by atoms with Crippen LogP contribution in [0.1, 0.15) is 37.7 Å². The molecule has 0 heterocycles. The molecule has 2 rings (SSSR count). The zero-order chi connectivity index (χ0) is 15.8. The first-order chi connectivity index (χ1) is 10.6. The summed E-state index contributed by atoms with van der Waals surface area (Å²) in [7, 11) is 0. The van der Waals surface area contributed by atoms with Gasteiger partial charge >= 0.3 is 12.1 Å². The lowest BCUT2D eigenvalue weighted by Gasteiger charge is -2.25. The third-order valence-electron chi connectivity index (χ3n) is 4.23. The summed E-state index contributed by atoms with van der Waals surface area (Å²) in [5.74, 6) is -0.355. The summed E-state index contributed by atoms with van der Waals surface area (Å²) in [6.07, 6.45) is 3.84. The van der Waals surface area contributed by atoms with Gasteiger partial charge in [-0.3, -0.25) is 4.79 Å². The van der Waals surface area contributed by atoms with Crippen molar-refractivity contribution >= 4 is 12.1 Å². The standard InChI is InChI=1S/C17H23NO4/c19-16(20)15-8-6-13(7-9-15)10-11-18-17(21)22-12-14-4-2-1-3-5-14/h1-5,13,15H,6-12H2,(H,18,21)(H,19,20). The van der Waals surface area contributed by atoms with Gasteiger partial charge in [-0.2, -0.15) is 0 Å². The van der Waals surface area contributed by atoms with Crippen LogP contribution < -0.4 is 5.32 Å². The minimum Gasteiger partial charge on any atom is -0.481 e. The molecular formula is C17H23NO4. The second-order valence-corrected chi connectivity index (χ2v) is 5.83. The average molecular weight is 305 g/mol. The second kappa shape index (κ2) is 8.41. The highest BCUT2D eigenvalue weighted by Crippen LogP contribution is 2.30. The van der Waals surface area contributed by atoms with Crippen molar-refractivity contribution in [2.24, 2.45) is 11.8 Å².